The smallest absolute Gasteiger partial charge is 0.410 e. The minimum Gasteiger partial charge on any atom is -0.441 e. The van der Waals surface area contributed by atoms with Crippen LogP contribution in [0.5, 0.6) is 0 Å². The number of nitrogens with zero attached hydrogens (tertiary/aromatic N) is 2. The van der Waals surface area contributed by atoms with Gasteiger partial charge in [0.25, 0.3) is 0 Å². The number of carbonyl (C=O) groups excluding carboxylic acids is 1. The van der Waals surface area contributed by atoms with Crippen LogP contribution >= 0.6 is 11.8 Å². The highest BCUT2D eigenvalue weighted by Gasteiger charge is 2.60. The van der Waals surface area contributed by atoms with Crippen molar-refractivity contribution in [2.75, 3.05) is 24.6 Å². The molecule has 6 nitrogen and oxygen atoms in total. The van der Waals surface area contributed by atoms with Crippen LogP contribution < -0.4 is 0 Å². The van der Waals surface area contributed by atoms with E-state index in [4.69, 9.17) is 4.74 Å². The molecule has 1 saturated carbocycles. The van der Waals surface area contributed by atoms with Gasteiger partial charge in [-0.3, -0.25) is 0 Å². The first-order valence-electron chi connectivity index (χ1n) is 11.9. The highest BCUT2D eigenvalue weighted by atomic mass is 32.2. The van der Waals surface area contributed by atoms with E-state index in [2.05, 4.69) is 0 Å². The van der Waals surface area contributed by atoms with Gasteiger partial charge in [0.15, 0.2) is 0 Å². The van der Waals surface area contributed by atoms with E-state index in [-0.39, 0.29) is 4.90 Å². The molecule has 2 aliphatic heterocycles. The third-order valence-electron chi connectivity index (χ3n) is 7.08. The lowest BCUT2D eigenvalue weighted by Crippen LogP contribution is -2.54. The minimum absolute atomic E-state index is 0.166. The van der Waals surface area contributed by atoms with Gasteiger partial charge < -0.3 is 9.64 Å². The van der Waals surface area contributed by atoms with E-state index in [0.717, 1.165) is 17.6 Å². The van der Waals surface area contributed by atoms with Gasteiger partial charge in [-0.15, -0.1) is 0 Å². The zero-order chi connectivity index (χ0) is 24.6. The Hall–Kier alpha value is -2.17. The molecule has 0 aromatic heterocycles. The van der Waals surface area contributed by atoms with Gasteiger partial charge in [0.1, 0.15) is 17.2 Å². The quantitative estimate of drug-likeness (QED) is 0.555. The number of halogens is 2. The molecule has 3 fully saturated rings. The molecule has 3 aliphatic rings. The number of sulfonamides is 1. The summed E-state index contributed by atoms with van der Waals surface area (Å²) in [5.74, 6) is 0.571. The fourth-order valence-electron chi connectivity index (χ4n) is 5.19. The van der Waals surface area contributed by atoms with Crippen LogP contribution in [0.15, 0.2) is 53.4 Å². The molecule has 35 heavy (non-hydrogen) atoms. The third-order valence-corrected chi connectivity index (χ3v) is 9.94. The first-order chi connectivity index (χ1) is 16.8. The Morgan fingerprint density at radius 2 is 1.69 bits per heavy atom. The van der Waals surface area contributed by atoms with E-state index in [1.165, 1.54) is 34.6 Å². The summed E-state index contributed by atoms with van der Waals surface area (Å²) in [6, 6.07) is 9.57. The molecule has 10 heteroatoms. The Balaban J connectivity index is 1.53. The van der Waals surface area contributed by atoms with E-state index in [1.54, 1.807) is 28.8 Å². The maximum atomic E-state index is 14.1. The standard InChI is InChI=1S/C25H28F2N2O4S2/c26-19-5-1-4-18(16-19)22-8-3-9-23(29(22)35(31,32)21-7-2-6-20(27)17-21)25(10-11-25)33-24(30)28-12-14-34-15-13-28/h1-2,4-7,16-17,22-23H,3,8-15H2/t22-,23+/m0/s1. The summed E-state index contributed by atoms with van der Waals surface area (Å²) in [7, 11) is -4.19. The SMILES string of the molecule is O=C(OC1([C@H]2CCC[C@@H](c3cccc(F)c3)N2S(=O)(=O)c2cccc(F)c2)CC1)N1CCSCC1. The molecule has 2 aromatic carbocycles. The Bertz CT molecular complexity index is 1200. The van der Waals surface area contributed by atoms with Gasteiger partial charge in [-0.05, 0) is 68.0 Å². The molecule has 2 atom stereocenters. The van der Waals surface area contributed by atoms with E-state index in [9.17, 15) is 22.0 Å². The normalized spacial score (nSPS) is 24.7. The molecule has 2 aromatic rings. The topological polar surface area (TPSA) is 66.9 Å². The van der Waals surface area contributed by atoms with Crippen LogP contribution in [0.4, 0.5) is 13.6 Å². The molecule has 0 bridgehead atoms. The van der Waals surface area contributed by atoms with Gasteiger partial charge in [0.2, 0.25) is 10.0 Å². The average molecular weight is 523 g/mol. The number of amides is 1. The maximum Gasteiger partial charge on any atom is 0.410 e. The Morgan fingerprint density at radius 1 is 1.00 bits per heavy atom. The molecule has 1 aliphatic carbocycles. The molecular formula is C25H28F2N2O4S2. The average Bonchev–Trinajstić information content (AvgIpc) is 3.64. The molecule has 0 radical (unpaired) electrons. The summed E-state index contributed by atoms with van der Waals surface area (Å²) in [6.07, 6.45) is 2.37. The zero-order valence-corrected chi connectivity index (χ0v) is 20.9. The number of piperidine rings is 1. The van der Waals surface area contributed by atoms with Crippen molar-refractivity contribution >= 4 is 27.9 Å². The predicted octanol–water partition coefficient (Wildman–Crippen LogP) is 4.97. The number of carbonyl (C=O) groups is 1. The monoisotopic (exact) mass is 522 g/mol. The van der Waals surface area contributed by atoms with E-state index in [1.807, 2.05) is 0 Å². The molecule has 0 unspecified atom stereocenters. The molecule has 188 valence electrons. The Labute approximate surface area is 208 Å². The highest BCUT2D eigenvalue weighted by Crippen LogP contribution is 2.52. The lowest BCUT2D eigenvalue weighted by molar-refractivity contribution is -0.00748. The van der Waals surface area contributed by atoms with E-state index >= 15 is 0 Å². The fourth-order valence-corrected chi connectivity index (χ4v) is 8.05. The summed E-state index contributed by atoms with van der Waals surface area (Å²) in [5.41, 5.74) is -0.404. The second kappa shape index (κ2) is 9.71. The van der Waals surface area contributed by atoms with Crippen molar-refractivity contribution in [3.63, 3.8) is 0 Å². The minimum atomic E-state index is -4.19. The van der Waals surface area contributed by atoms with Crippen molar-refractivity contribution in [1.29, 1.82) is 0 Å². The molecule has 2 heterocycles. The number of ether oxygens (including phenoxy) is 1. The highest BCUT2D eigenvalue weighted by molar-refractivity contribution is 7.99. The van der Waals surface area contributed by atoms with Crippen molar-refractivity contribution in [2.45, 2.75) is 54.7 Å². The summed E-state index contributed by atoms with van der Waals surface area (Å²) < 4.78 is 63.6. The maximum absolute atomic E-state index is 14.1. The third kappa shape index (κ3) is 4.93. The van der Waals surface area contributed by atoms with Crippen molar-refractivity contribution in [2.24, 2.45) is 0 Å². The van der Waals surface area contributed by atoms with Crippen molar-refractivity contribution in [3.8, 4) is 0 Å². The van der Waals surface area contributed by atoms with Crippen LogP contribution in [0.25, 0.3) is 0 Å². The Morgan fingerprint density at radius 3 is 2.34 bits per heavy atom. The van der Waals surface area contributed by atoms with Gasteiger partial charge in [-0.2, -0.15) is 16.1 Å². The van der Waals surface area contributed by atoms with Gasteiger partial charge in [0.05, 0.1) is 17.0 Å². The van der Waals surface area contributed by atoms with Gasteiger partial charge >= 0.3 is 6.09 Å². The van der Waals surface area contributed by atoms with Gasteiger partial charge in [-0.25, -0.2) is 22.0 Å². The van der Waals surface area contributed by atoms with Crippen molar-refractivity contribution in [1.82, 2.24) is 9.21 Å². The molecule has 0 spiro atoms. The molecule has 5 rings (SSSR count). The molecular weight excluding hydrogens is 494 g/mol. The molecule has 1 amide bonds. The first-order valence-corrected chi connectivity index (χ1v) is 14.5. The number of benzene rings is 2. The van der Waals surface area contributed by atoms with Gasteiger partial charge in [0, 0.05) is 24.6 Å². The predicted molar refractivity (Wildman–Crippen MR) is 130 cm³/mol. The lowest BCUT2D eigenvalue weighted by Gasteiger charge is -2.44. The number of hydrogen-bond donors (Lipinski definition) is 0. The van der Waals surface area contributed by atoms with Crippen molar-refractivity contribution in [3.05, 3.63) is 65.7 Å². The number of rotatable bonds is 5. The van der Waals surface area contributed by atoms with E-state index < -0.39 is 45.4 Å². The van der Waals surface area contributed by atoms with Crippen molar-refractivity contribution < 1.29 is 26.7 Å². The number of hydrogen-bond acceptors (Lipinski definition) is 5. The van der Waals surface area contributed by atoms with Crippen LogP contribution in [0, 0.1) is 11.6 Å². The van der Waals surface area contributed by atoms with E-state index in [0.29, 0.717) is 50.8 Å². The second-order valence-electron chi connectivity index (χ2n) is 9.34. The first kappa shape index (κ1) is 24.5. The van der Waals surface area contributed by atoms with Crippen LogP contribution in [-0.4, -0.2) is 60.0 Å². The summed E-state index contributed by atoms with van der Waals surface area (Å²) in [6.45, 7) is 1.20. The fraction of sp³-hybridized carbons (Fsp3) is 0.480. The summed E-state index contributed by atoms with van der Waals surface area (Å²) >= 11 is 1.78. The van der Waals surface area contributed by atoms with Gasteiger partial charge in [-0.1, -0.05) is 18.2 Å². The second-order valence-corrected chi connectivity index (χ2v) is 12.4. The largest absolute Gasteiger partial charge is 0.441 e. The van der Waals surface area contributed by atoms with Crippen LogP contribution in [0.1, 0.15) is 43.7 Å². The van der Waals surface area contributed by atoms with Crippen LogP contribution in [0.2, 0.25) is 0 Å². The molecule has 0 N–H and O–H groups in total. The zero-order valence-electron chi connectivity index (χ0n) is 19.2. The summed E-state index contributed by atoms with van der Waals surface area (Å²) in [4.78, 5) is 14.5. The van der Waals surface area contributed by atoms with Crippen LogP contribution in [0.3, 0.4) is 0 Å². The Kier molecular flexibility index (Phi) is 6.80. The summed E-state index contributed by atoms with van der Waals surface area (Å²) in [5, 5.41) is 0. The lowest BCUT2D eigenvalue weighted by atomic mass is 9.90. The molecule has 2 saturated heterocycles. The number of thioether (sulfide) groups is 1. The van der Waals surface area contributed by atoms with Crippen LogP contribution in [-0.2, 0) is 14.8 Å².